The molecule has 7 heavy (non-hydrogen) atoms. The van der Waals surface area contributed by atoms with E-state index in [1.54, 1.807) is 5.92 Å². The van der Waals surface area contributed by atoms with Crippen LogP contribution in [0, 0.1) is 11.8 Å². The first-order valence-electron chi connectivity index (χ1n) is 3.13. The van der Waals surface area contributed by atoms with Crippen molar-refractivity contribution >= 4 is 0 Å². The fraction of sp³-hybridized carbons (Fsp3) is 0.857. The van der Waals surface area contributed by atoms with Crippen molar-refractivity contribution in [3.63, 3.8) is 0 Å². The molecule has 40 valence electrons. The van der Waals surface area contributed by atoms with E-state index in [9.17, 15) is 0 Å². The van der Waals surface area contributed by atoms with Crippen LogP contribution in [0.25, 0.3) is 0 Å². The first-order valence-corrected chi connectivity index (χ1v) is 3.13. The topological polar surface area (TPSA) is 0 Å². The van der Waals surface area contributed by atoms with E-state index in [4.69, 9.17) is 0 Å². The summed E-state index contributed by atoms with van der Waals surface area (Å²) in [7, 11) is 0. The maximum Gasteiger partial charge on any atom is 0.0973 e. The minimum Gasteiger partial charge on any atom is -0.0213 e. The van der Waals surface area contributed by atoms with Crippen LogP contribution in [0.2, 0.25) is 0 Å². The lowest BCUT2D eigenvalue weighted by atomic mass is 10.0. The van der Waals surface area contributed by atoms with E-state index in [-0.39, 0.29) is 0 Å². The van der Waals surface area contributed by atoms with Crippen LogP contribution in [0.15, 0.2) is 0 Å². The van der Waals surface area contributed by atoms with Gasteiger partial charge in [-0.05, 0) is 19.8 Å². The molecule has 1 rings (SSSR count). The Balaban J connectivity index is 2.33. The van der Waals surface area contributed by atoms with Crippen molar-refractivity contribution in [1.29, 1.82) is 0 Å². The average Bonchev–Trinajstić information content (AvgIpc) is 1.91. The molecule has 0 heteroatoms. The van der Waals surface area contributed by atoms with Gasteiger partial charge in [-0.2, -0.15) is 0 Å². The molecule has 1 unspecified atom stereocenters. The van der Waals surface area contributed by atoms with Gasteiger partial charge < -0.3 is 0 Å². The van der Waals surface area contributed by atoms with Crippen molar-refractivity contribution < 1.29 is 0 Å². The number of rotatable bonds is 0. The highest BCUT2D eigenvalue weighted by atomic mass is 14.2. The van der Waals surface area contributed by atoms with Crippen LogP contribution in [-0.4, -0.2) is 0 Å². The molecule has 0 N–H and O–H groups in total. The van der Waals surface area contributed by atoms with E-state index in [1.807, 2.05) is 0 Å². The van der Waals surface area contributed by atoms with Gasteiger partial charge >= 0.3 is 0 Å². The van der Waals surface area contributed by atoms with E-state index in [0.29, 0.717) is 0 Å². The smallest absolute Gasteiger partial charge is 0.0213 e. The molecule has 1 saturated carbocycles. The third kappa shape index (κ3) is 0.902. The number of hydrogen-bond donors (Lipinski definition) is 0. The van der Waals surface area contributed by atoms with Gasteiger partial charge in [0.15, 0.2) is 0 Å². The Labute approximate surface area is 45.9 Å². The molecule has 0 heterocycles. The van der Waals surface area contributed by atoms with Crippen molar-refractivity contribution in [2.45, 2.75) is 33.1 Å². The van der Waals surface area contributed by atoms with Crippen LogP contribution in [-0.2, 0) is 0 Å². The second kappa shape index (κ2) is 1.77. The second-order valence-electron chi connectivity index (χ2n) is 2.64. The van der Waals surface area contributed by atoms with Crippen LogP contribution in [0.4, 0.5) is 0 Å². The Morgan fingerprint density at radius 1 is 1.57 bits per heavy atom. The quantitative estimate of drug-likeness (QED) is 0.407. The van der Waals surface area contributed by atoms with E-state index in [2.05, 4.69) is 13.8 Å². The lowest BCUT2D eigenvalue weighted by Gasteiger charge is -1.93. The molecule has 0 spiro atoms. The lowest BCUT2D eigenvalue weighted by Crippen LogP contribution is -1.93. The molecule has 0 radical (unpaired) electrons. The molecule has 0 nitrogen and oxygen atoms in total. The summed E-state index contributed by atoms with van der Waals surface area (Å²) in [5.74, 6) is 2.64. The van der Waals surface area contributed by atoms with Crippen molar-refractivity contribution in [2.24, 2.45) is 5.92 Å². The van der Waals surface area contributed by atoms with Crippen LogP contribution >= 0.6 is 0 Å². The Bertz CT molecular complexity index is 49.1. The summed E-state index contributed by atoms with van der Waals surface area (Å²) >= 11 is 0. The predicted octanol–water partition coefficient (Wildman–Crippen LogP) is 2.40. The molecule has 0 bridgehead atoms. The van der Waals surface area contributed by atoms with E-state index >= 15 is 0 Å². The maximum absolute atomic E-state index is 2.32. The molecule has 0 aromatic heterocycles. The largest absolute Gasteiger partial charge is 0.0973 e. The van der Waals surface area contributed by atoms with E-state index in [1.165, 1.54) is 19.3 Å². The van der Waals surface area contributed by atoms with Crippen LogP contribution < -0.4 is 0 Å². The zero-order valence-electron chi connectivity index (χ0n) is 5.20. The monoisotopic (exact) mass is 97.1 g/mol. The molecule has 0 aromatic rings. The summed E-state index contributed by atoms with van der Waals surface area (Å²) in [6.07, 6.45) is 4.26. The zero-order valence-corrected chi connectivity index (χ0v) is 5.20. The van der Waals surface area contributed by atoms with Gasteiger partial charge in [-0.1, -0.05) is 0 Å². The Kier molecular flexibility index (Phi) is 1.27. The molecule has 1 aliphatic rings. The standard InChI is InChI=1S/C7H13/c1-6-4-3-5-7(6)2/h6H,3-5H2,1-2H3/q+1. The summed E-state index contributed by atoms with van der Waals surface area (Å²) in [4.78, 5) is 0. The van der Waals surface area contributed by atoms with Crippen molar-refractivity contribution in [1.82, 2.24) is 0 Å². The van der Waals surface area contributed by atoms with Crippen LogP contribution in [0.1, 0.15) is 33.1 Å². The van der Waals surface area contributed by atoms with E-state index < -0.39 is 0 Å². The third-order valence-electron chi connectivity index (χ3n) is 2.05. The van der Waals surface area contributed by atoms with Gasteiger partial charge in [-0.15, -0.1) is 0 Å². The summed E-state index contributed by atoms with van der Waals surface area (Å²) < 4.78 is 0. The predicted molar refractivity (Wildman–Crippen MR) is 31.9 cm³/mol. The van der Waals surface area contributed by atoms with Gasteiger partial charge in [-0.3, -0.25) is 0 Å². The minimum absolute atomic E-state index is 0.931. The highest BCUT2D eigenvalue weighted by molar-refractivity contribution is 4.94. The van der Waals surface area contributed by atoms with Crippen LogP contribution in [0.3, 0.4) is 0 Å². The molecule has 0 aliphatic heterocycles. The Hall–Kier alpha value is -0.130. The number of hydrogen-bond acceptors (Lipinski definition) is 0. The Morgan fingerprint density at radius 3 is 2.43 bits per heavy atom. The van der Waals surface area contributed by atoms with Gasteiger partial charge in [0.2, 0.25) is 0 Å². The van der Waals surface area contributed by atoms with Crippen molar-refractivity contribution in [3.05, 3.63) is 5.92 Å². The molecule has 0 aromatic carbocycles. The van der Waals surface area contributed by atoms with Gasteiger partial charge in [0, 0.05) is 0 Å². The molecule has 0 saturated heterocycles. The molecule has 0 amide bonds. The summed E-state index contributed by atoms with van der Waals surface area (Å²) in [5.41, 5.74) is 0. The average molecular weight is 97.2 g/mol. The highest BCUT2D eigenvalue weighted by Crippen LogP contribution is 2.31. The molecule has 1 atom stereocenters. The lowest BCUT2D eigenvalue weighted by molar-refractivity contribution is 0.645. The van der Waals surface area contributed by atoms with Crippen LogP contribution in [0.5, 0.6) is 0 Å². The minimum atomic E-state index is 0.931. The molecule has 1 fully saturated rings. The van der Waals surface area contributed by atoms with Gasteiger partial charge in [0.25, 0.3) is 0 Å². The first-order chi connectivity index (χ1) is 3.30. The van der Waals surface area contributed by atoms with Gasteiger partial charge in [-0.25, -0.2) is 0 Å². The zero-order chi connectivity index (χ0) is 5.28. The summed E-state index contributed by atoms with van der Waals surface area (Å²) in [6, 6.07) is 0. The molecule has 1 aliphatic carbocycles. The summed E-state index contributed by atoms with van der Waals surface area (Å²) in [5, 5.41) is 0. The maximum atomic E-state index is 2.32. The van der Waals surface area contributed by atoms with E-state index in [0.717, 1.165) is 5.92 Å². The highest BCUT2D eigenvalue weighted by Gasteiger charge is 2.28. The first kappa shape index (κ1) is 5.02. The van der Waals surface area contributed by atoms with Crippen molar-refractivity contribution in [2.75, 3.05) is 0 Å². The SMILES string of the molecule is C[C+]1CCCC1C. The summed E-state index contributed by atoms with van der Waals surface area (Å²) in [6.45, 7) is 4.60. The fourth-order valence-corrected chi connectivity index (χ4v) is 1.18. The molecular formula is C7H13+. The normalized spacial score (nSPS) is 31.7. The second-order valence-corrected chi connectivity index (χ2v) is 2.64. The molecular weight excluding hydrogens is 84.1 g/mol. The van der Waals surface area contributed by atoms with Gasteiger partial charge in [0.1, 0.15) is 0 Å². The van der Waals surface area contributed by atoms with Gasteiger partial charge in [0.05, 0.1) is 25.2 Å². The Morgan fingerprint density at radius 2 is 2.29 bits per heavy atom. The fourth-order valence-electron chi connectivity index (χ4n) is 1.18. The third-order valence-corrected chi connectivity index (χ3v) is 2.05. The van der Waals surface area contributed by atoms with Crippen molar-refractivity contribution in [3.8, 4) is 0 Å².